The van der Waals surface area contributed by atoms with Crippen LogP contribution < -0.4 is 14.4 Å². The molecule has 0 bridgehead atoms. The van der Waals surface area contributed by atoms with Crippen LogP contribution in [0.2, 0.25) is 0 Å². The number of nitrogens with zero attached hydrogens (tertiary/aromatic N) is 2. The number of hydrogen-bond acceptors (Lipinski definition) is 6. The topological polar surface area (TPSA) is 62.7 Å². The van der Waals surface area contributed by atoms with Crippen LogP contribution >= 0.6 is 11.6 Å². The Hall–Kier alpha value is -2.57. The molecule has 0 radical (unpaired) electrons. The maximum Gasteiger partial charge on any atom is 0.231 e. The van der Waals surface area contributed by atoms with E-state index in [0.717, 1.165) is 27.7 Å². The molecular weight excluding hydrogens is 344 g/mol. The summed E-state index contributed by atoms with van der Waals surface area (Å²) >= 11 is 5.89. The van der Waals surface area contributed by atoms with E-state index in [1.54, 1.807) is 0 Å². The summed E-state index contributed by atoms with van der Waals surface area (Å²) in [7, 11) is 0. The third-order valence-corrected chi connectivity index (χ3v) is 4.45. The summed E-state index contributed by atoms with van der Waals surface area (Å²) in [4.78, 5) is 19.6. The smallest absolute Gasteiger partial charge is 0.231 e. The molecule has 126 valence electrons. The molecular formula is C18H13ClN2O4. The predicted octanol–water partition coefficient (Wildman–Crippen LogP) is 3.63. The summed E-state index contributed by atoms with van der Waals surface area (Å²) in [6.45, 7) is 0.670. The zero-order valence-corrected chi connectivity index (χ0v) is 13.9. The molecule has 3 heterocycles. The largest absolute Gasteiger partial charge is 0.454 e. The van der Waals surface area contributed by atoms with Crippen molar-refractivity contribution in [2.45, 2.75) is 13.0 Å². The molecule has 2 aliphatic rings. The maximum absolute atomic E-state index is 5.89. The Kier molecular flexibility index (Phi) is 3.39. The van der Waals surface area contributed by atoms with Gasteiger partial charge in [0.25, 0.3) is 0 Å². The quantitative estimate of drug-likeness (QED) is 0.527. The standard InChI is InChI=1S/C18H13ClN2O4/c19-4-3-17-20-13-7-16-15(22-9-23-16)6-12(13)18(21-17)10-1-2-11-8-24-25-14(11)5-10/h1-2,5-7H,3-4,8-9H2. The molecule has 0 N–H and O–H groups in total. The first-order valence-electron chi connectivity index (χ1n) is 7.91. The number of aromatic nitrogens is 2. The van der Waals surface area contributed by atoms with Crippen LogP contribution in [0.25, 0.3) is 22.2 Å². The van der Waals surface area contributed by atoms with Gasteiger partial charge in [-0.2, -0.15) is 4.89 Å². The van der Waals surface area contributed by atoms with Gasteiger partial charge in [0.1, 0.15) is 12.4 Å². The summed E-state index contributed by atoms with van der Waals surface area (Å²) < 4.78 is 11.0. The van der Waals surface area contributed by atoms with E-state index in [2.05, 4.69) is 4.98 Å². The number of fused-ring (bicyclic) bond motifs is 3. The summed E-state index contributed by atoms with van der Waals surface area (Å²) in [5.41, 5.74) is 3.54. The fourth-order valence-corrected chi connectivity index (χ4v) is 3.21. The molecule has 5 rings (SSSR count). The van der Waals surface area contributed by atoms with E-state index >= 15 is 0 Å². The number of benzene rings is 2. The van der Waals surface area contributed by atoms with E-state index in [1.807, 2.05) is 30.3 Å². The Morgan fingerprint density at radius 2 is 1.88 bits per heavy atom. The number of halogens is 1. The van der Waals surface area contributed by atoms with Gasteiger partial charge >= 0.3 is 0 Å². The summed E-state index contributed by atoms with van der Waals surface area (Å²) in [5.74, 6) is 3.25. The van der Waals surface area contributed by atoms with Crippen molar-refractivity contribution in [2.75, 3.05) is 12.7 Å². The number of aryl methyl sites for hydroxylation is 1. The lowest BCUT2D eigenvalue weighted by Crippen LogP contribution is -2.00. The molecule has 0 aliphatic carbocycles. The highest BCUT2D eigenvalue weighted by atomic mass is 35.5. The maximum atomic E-state index is 5.89. The molecule has 25 heavy (non-hydrogen) atoms. The number of alkyl halides is 1. The van der Waals surface area contributed by atoms with Gasteiger partial charge in [-0.1, -0.05) is 12.1 Å². The Balaban J connectivity index is 1.74. The van der Waals surface area contributed by atoms with Crippen molar-refractivity contribution in [2.24, 2.45) is 0 Å². The molecule has 6 nitrogen and oxygen atoms in total. The number of ether oxygens (including phenoxy) is 2. The van der Waals surface area contributed by atoms with Crippen molar-refractivity contribution >= 4 is 22.5 Å². The average molecular weight is 357 g/mol. The van der Waals surface area contributed by atoms with Crippen molar-refractivity contribution in [3.05, 3.63) is 41.7 Å². The summed E-state index contributed by atoms with van der Waals surface area (Å²) in [6, 6.07) is 9.72. The Morgan fingerprint density at radius 1 is 1.00 bits per heavy atom. The first-order chi connectivity index (χ1) is 12.3. The zero-order chi connectivity index (χ0) is 16.8. The van der Waals surface area contributed by atoms with E-state index in [9.17, 15) is 0 Å². The van der Waals surface area contributed by atoms with Crippen LogP contribution in [0.15, 0.2) is 30.3 Å². The molecule has 2 aliphatic heterocycles. The normalized spacial score (nSPS) is 14.6. The van der Waals surface area contributed by atoms with Gasteiger partial charge in [-0.25, -0.2) is 9.97 Å². The zero-order valence-electron chi connectivity index (χ0n) is 13.1. The molecule has 2 aromatic carbocycles. The van der Waals surface area contributed by atoms with Crippen molar-refractivity contribution in [1.82, 2.24) is 9.97 Å². The molecule has 0 atom stereocenters. The van der Waals surface area contributed by atoms with Crippen molar-refractivity contribution < 1.29 is 19.2 Å². The van der Waals surface area contributed by atoms with Crippen LogP contribution in [-0.2, 0) is 17.9 Å². The van der Waals surface area contributed by atoms with E-state index < -0.39 is 0 Å². The van der Waals surface area contributed by atoms with Gasteiger partial charge in [-0.05, 0) is 12.1 Å². The summed E-state index contributed by atoms with van der Waals surface area (Å²) in [5, 5.41) is 0.890. The highest BCUT2D eigenvalue weighted by Gasteiger charge is 2.20. The lowest BCUT2D eigenvalue weighted by atomic mass is 10.0. The van der Waals surface area contributed by atoms with Gasteiger partial charge in [-0.3, -0.25) is 0 Å². The Labute approximate surface area is 148 Å². The predicted molar refractivity (Wildman–Crippen MR) is 90.9 cm³/mol. The van der Waals surface area contributed by atoms with E-state index in [0.29, 0.717) is 42.0 Å². The number of rotatable bonds is 3. The van der Waals surface area contributed by atoms with E-state index in [-0.39, 0.29) is 6.79 Å². The SMILES string of the molecule is ClCCc1nc(-c2ccc3c(c2)OOC3)c2cc3c(cc2n1)OCO3. The third kappa shape index (κ3) is 2.45. The molecule has 0 spiro atoms. The van der Waals surface area contributed by atoms with Crippen LogP contribution in [-0.4, -0.2) is 22.6 Å². The molecule has 0 saturated heterocycles. The molecule has 1 aromatic heterocycles. The van der Waals surface area contributed by atoms with E-state index in [1.165, 1.54) is 0 Å². The van der Waals surface area contributed by atoms with E-state index in [4.69, 9.17) is 35.8 Å². The number of hydrogen-bond donors (Lipinski definition) is 0. The monoisotopic (exact) mass is 356 g/mol. The second-order valence-corrected chi connectivity index (χ2v) is 6.20. The van der Waals surface area contributed by atoms with Crippen LogP contribution in [0.1, 0.15) is 11.4 Å². The molecule has 3 aromatic rings. The highest BCUT2D eigenvalue weighted by molar-refractivity contribution is 6.17. The third-order valence-electron chi connectivity index (χ3n) is 4.26. The minimum atomic E-state index is 0.215. The van der Waals surface area contributed by atoms with Gasteiger partial charge in [0.2, 0.25) is 6.79 Å². The first-order valence-corrected chi connectivity index (χ1v) is 8.44. The molecule has 7 heteroatoms. The second kappa shape index (κ2) is 5.75. The lowest BCUT2D eigenvalue weighted by Gasteiger charge is -2.10. The van der Waals surface area contributed by atoms with Crippen molar-refractivity contribution in [3.8, 4) is 28.5 Å². The Bertz CT molecular complexity index is 992. The second-order valence-electron chi connectivity index (χ2n) is 5.82. The fraction of sp³-hybridized carbons (Fsp3) is 0.222. The van der Waals surface area contributed by atoms with Crippen LogP contribution in [0.5, 0.6) is 17.2 Å². The van der Waals surface area contributed by atoms with Gasteiger partial charge < -0.3 is 14.4 Å². The molecule has 0 unspecified atom stereocenters. The average Bonchev–Trinajstić information content (AvgIpc) is 3.27. The minimum Gasteiger partial charge on any atom is -0.454 e. The molecule has 0 saturated carbocycles. The van der Waals surface area contributed by atoms with Gasteiger partial charge in [0.15, 0.2) is 17.2 Å². The van der Waals surface area contributed by atoms with Crippen LogP contribution in [0, 0.1) is 0 Å². The molecule has 0 fully saturated rings. The fourth-order valence-electron chi connectivity index (χ4n) is 3.04. The summed E-state index contributed by atoms with van der Waals surface area (Å²) in [6.07, 6.45) is 0.587. The first kappa shape index (κ1) is 14.7. The van der Waals surface area contributed by atoms with Crippen molar-refractivity contribution in [1.29, 1.82) is 0 Å². The Morgan fingerprint density at radius 3 is 2.76 bits per heavy atom. The van der Waals surface area contributed by atoms with Gasteiger partial charge in [0, 0.05) is 34.9 Å². The van der Waals surface area contributed by atoms with Crippen LogP contribution in [0.4, 0.5) is 0 Å². The van der Waals surface area contributed by atoms with Crippen LogP contribution in [0.3, 0.4) is 0 Å². The lowest BCUT2D eigenvalue weighted by molar-refractivity contribution is -0.194. The van der Waals surface area contributed by atoms with Crippen molar-refractivity contribution in [3.63, 3.8) is 0 Å². The minimum absolute atomic E-state index is 0.215. The van der Waals surface area contributed by atoms with Gasteiger partial charge in [0.05, 0.1) is 11.2 Å². The van der Waals surface area contributed by atoms with Gasteiger partial charge in [-0.15, -0.1) is 11.6 Å². The highest BCUT2D eigenvalue weighted by Crippen LogP contribution is 2.39. The molecule has 0 amide bonds.